The quantitative estimate of drug-likeness (QED) is 0.768. The first kappa shape index (κ1) is 12.3. The minimum atomic E-state index is 0.780. The molecule has 4 rings (SSSR count). The van der Waals surface area contributed by atoms with Crippen LogP contribution in [0.25, 0.3) is 10.9 Å². The van der Waals surface area contributed by atoms with Crippen LogP contribution in [-0.4, -0.2) is 31.2 Å². The van der Waals surface area contributed by atoms with Crippen molar-refractivity contribution in [2.45, 2.75) is 19.6 Å². The number of para-hydroxylation sites is 1. The maximum Gasteiger partial charge on any atom is 0.147 e. The summed E-state index contributed by atoms with van der Waals surface area (Å²) in [6.07, 6.45) is 1.79. The SMILES string of the molecule is Nc1cc(CN2CCn3cnnc3C2)nc2ccccc12. The highest BCUT2D eigenvalue weighted by molar-refractivity contribution is 5.90. The molecule has 1 aliphatic heterocycles. The van der Waals surface area contributed by atoms with Gasteiger partial charge in [0, 0.05) is 30.7 Å². The minimum Gasteiger partial charge on any atom is -0.398 e. The van der Waals surface area contributed by atoms with Gasteiger partial charge in [-0.15, -0.1) is 10.2 Å². The van der Waals surface area contributed by atoms with E-state index in [0.717, 1.165) is 54.3 Å². The zero-order chi connectivity index (χ0) is 14.2. The predicted molar refractivity (Wildman–Crippen MR) is 80.3 cm³/mol. The first-order valence-corrected chi connectivity index (χ1v) is 7.03. The Kier molecular flexibility index (Phi) is 2.82. The summed E-state index contributed by atoms with van der Waals surface area (Å²) in [4.78, 5) is 7.03. The van der Waals surface area contributed by atoms with Gasteiger partial charge in [0.25, 0.3) is 0 Å². The zero-order valence-corrected chi connectivity index (χ0v) is 11.6. The van der Waals surface area contributed by atoms with E-state index in [1.54, 1.807) is 6.33 Å². The van der Waals surface area contributed by atoms with Gasteiger partial charge >= 0.3 is 0 Å². The lowest BCUT2D eigenvalue weighted by Gasteiger charge is -2.26. The fourth-order valence-electron chi connectivity index (χ4n) is 2.82. The van der Waals surface area contributed by atoms with Gasteiger partial charge in [-0.1, -0.05) is 18.2 Å². The number of pyridine rings is 1. The number of hydrogen-bond acceptors (Lipinski definition) is 5. The lowest BCUT2D eigenvalue weighted by Crippen LogP contribution is -2.33. The molecular weight excluding hydrogens is 264 g/mol. The van der Waals surface area contributed by atoms with E-state index in [-0.39, 0.29) is 0 Å². The van der Waals surface area contributed by atoms with E-state index >= 15 is 0 Å². The standard InChI is InChI=1S/C15H16N6/c16-13-7-11(18-14-4-2-1-3-12(13)14)8-20-5-6-21-10-17-19-15(21)9-20/h1-4,7,10H,5-6,8-9H2,(H2,16,18). The summed E-state index contributed by atoms with van der Waals surface area (Å²) in [5, 5.41) is 9.11. The second-order valence-corrected chi connectivity index (χ2v) is 5.37. The fraction of sp³-hybridized carbons (Fsp3) is 0.267. The number of nitrogens with zero attached hydrogens (tertiary/aromatic N) is 5. The summed E-state index contributed by atoms with van der Waals surface area (Å²) in [7, 11) is 0. The predicted octanol–water partition coefficient (Wildman–Crippen LogP) is 1.42. The Morgan fingerprint density at radius 3 is 3.05 bits per heavy atom. The number of hydrogen-bond donors (Lipinski definition) is 1. The molecule has 21 heavy (non-hydrogen) atoms. The molecule has 0 fully saturated rings. The van der Waals surface area contributed by atoms with Crippen molar-refractivity contribution in [2.75, 3.05) is 12.3 Å². The number of aromatic nitrogens is 4. The van der Waals surface area contributed by atoms with Crippen molar-refractivity contribution in [3.8, 4) is 0 Å². The van der Waals surface area contributed by atoms with E-state index in [9.17, 15) is 0 Å². The average Bonchev–Trinajstić information content (AvgIpc) is 2.95. The smallest absolute Gasteiger partial charge is 0.147 e. The van der Waals surface area contributed by atoms with Crippen LogP contribution in [0.15, 0.2) is 36.7 Å². The molecule has 0 saturated heterocycles. The molecule has 0 unspecified atom stereocenters. The van der Waals surface area contributed by atoms with Crippen LogP contribution in [0.1, 0.15) is 11.5 Å². The number of rotatable bonds is 2. The van der Waals surface area contributed by atoms with E-state index in [2.05, 4.69) is 19.7 Å². The molecule has 0 radical (unpaired) electrons. The third-order valence-electron chi connectivity index (χ3n) is 3.90. The summed E-state index contributed by atoms with van der Waals surface area (Å²) < 4.78 is 2.10. The van der Waals surface area contributed by atoms with E-state index in [4.69, 9.17) is 10.7 Å². The lowest BCUT2D eigenvalue weighted by molar-refractivity contribution is 0.207. The van der Waals surface area contributed by atoms with Crippen LogP contribution < -0.4 is 5.73 Å². The van der Waals surface area contributed by atoms with Crippen molar-refractivity contribution < 1.29 is 0 Å². The van der Waals surface area contributed by atoms with E-state index in [0.29, 0.717) is 0 Å². The molecular formula is C15H16N6. The van der Waals surface area contributed by atoms with Crippen LogP contribution in [0.4, 0.5) is 5.69 Å². The second kappa shape index (κ2) is 4.82. The number of nitrogen functional groups attached to an aromatic ring is 1. The van der Waals surface area contributed by atoms with E-state index in [1.807, 2.05) is 30.3 Å². The Morgan fingerprint density at radius 1 is 1.19 bits per heavy atom. The largest absolute Gasteiger partial charge is 0.398 e. The first-order chi connectivity index (χ1) is 10.3. The van der Waals surface area contributed by atoms with Crippen LogP contribution in [0, 0.1) is 0 Å². The van der Waals surface area contributed by atoms with Crippen LogP contribution in [0.3, 0.4) is 0 Å². The van der Waals surface area contributed by atoms with Crippen molar-refractivity contribution in [2.24, 2.45) is 0 Å². The number of benzene rings is 1. The third-order valence-corrected chi connectivity index (χ3v) is 3.90. The van der Waals surface area contributed by atoms with Crippen LogP contribution in [0.5, 0.6) is 0 Å². The fourth-order valence-corrected chi connectivity index (χ4v) is 2.82. The van der Waals surface area contributed by atoms with Crippen molar-refractivity contribution >= 4 is 16.6 Å². The average molecular weight is 280 g/mol. The Labute approximate surface area is 122 Å². The van der Waals surface area contributed by atoms with Crippen molar-refractivity contribution in [3.05, 3.63) is 48.2 Å². The van der Waals surface area contributed by atoms with Gasteiger partial charge in [0.1, 0.15) is 12.2 Å². The van der Waals surface area contributed by atoms with Gasteiger partial charge in [-0.2, -0.15) is 0 Å². The summed E-state index contributed by atoms with van der Waals surface area (Å²) >= 11 is 0. The Balaban J connectivity index is 1.60. The summed E-state index contributed by atoms with van der Waals surface area (Å²) in [6.45, 7) is 3.47. The van der Waals surface area contributed by atoms with Gasteiger partial charge in [-0.25, -0.2) is 0 Å². The molecule has 0 aliphatic carbocycles. The molecule has 0 atom stereocenters. The van der Waals surface area contributed by atoms with Gasteiger partial charge in [-0.05, 0) is 12.1 Å². The number of nitrogens with two attached hydrogens (primary N) is 1. The zero-order valence-electron chi connectivity index (χ0n) is 11.6. The third kappa shape index (κ3) is 2.23. The molecule has 2 N–H and O–H groups in total. The maximum atomic E-state index is 6.14. The summed E-state index contributed by atoms with van der Waals surface area (Å²) in [5.41, 5.74) is 8.88. The normalized spacial score (nSPS) is 15.2. The van der Waals surface area contributed by atoms with Gasteiger partial charge in [0.2, 0.25) is 0 Å². The molecule has 1 aromatic carbocycles. The first-order valence-electron chi connectivity index (χ1n) is 7.03. The Hall–Kier alpha value is -2.47. The van der Waals surface area contributed by atoms with Crippen LogP contribution in [-0.2, 0) is 19.6 Å². The molecule has 0 amide bonds. The van der Waals surface area contributed by atoms with Crippen molar-refractivity contribution in [1.29, 1.82) is 0 Å². The molecule has 1 aliphatic rings. The van der Waals surface area contributed by atoms with Gasteiger partial charge in [0.05, 0.1) is 17.8 Å². The molecule has 6 heteroatoms. The molecule has 106 valence electrons. The van der Waals surface area contributed by atoms with Gasteiger partial charge < -0.3 is 10.3 Å². The van der Waals surface area contributed by atoms with Gasteiger partial charge in [-0.3, -0.25) is 9.88 Å². The Bertz CT molecular complexity index is 794. The highest BCUT2D eigenvalue weighted by Gasteiger charge is 2.18. The topological polar surface area (TPSA) is 72.9 Å². The van der Waals surface area contributed by atoms with Gasteiger partial charge in [0.15, 0.2) is 0 Å². The highest BCUT2D eigenvalue weighted by atomic mass is 15.3. The molecule has 3 heterocycles. The monoisotopic (exact) mass is 280 g/mol. The second-order valence-electron chi connectivity index (χ2n) is 5.37. The lowest BCUT2D eigenvalue weighted by atomic mass is 10.1. The molecule has 3 aromatic rings. The molecule has 2 aromatic heterocycles. The van der Waals surface area contributed by atoms with Crippen LogP contribution >= 0.6 is 0 Å². The van der Waals surface area contributed by atoms with Crippen LogP contribution in [0.2, 0.25) is 0 Å². The summed E-state index contributed by atoms with van der Waals surface area (Å²) in [5.74, 6) is 1.01. The molecule has 0 spiro atoms. The number of anilines is 1. The molecule has 0 bridgehead atoms. The van der Waals surface area contributed by atoms with E-state index < -0.39 is 0 Å². The maximum absolute atomic E-state index is 6.14. The summed E-state index contributed by atoms with van der Waals surface area (Å²) in [6, 6.07) is 9.95. The molecule has 0 saturated carbocycles. The number of fused-ring (bicyclic) bond motifs is 2. The minimum absolute atomic E-state index is 0.780. The van der Waals surface area contributed by atoms with Crippen molar-refractivity contribution in [1.82, 2.24) is 24.6 Å². The molecule has 6 nitrogen and oxygen atoms in total. The highest BCUT2D eigenvalue weighted by Crippen LogP contribution is 2.21. The Morgan fingerprint density at radius 2 is 2.10 bits per heavy atom. The van der Waals surface area contributed by atoms with Crippen molar-refractivity contribution in [3.63, 3.8) is 0 Å². The van der Waals surface area contributed by atoms with E-state index in [1.165, 1.54) is 0 Å².